The number of nitrogens with zero attached hydrogens (tertiary/aromatic N) is 3. The predicted octanol–water partition coefficient (Wildman–Crippen LogP) is 1.94. The molecule has 0 aliphatic carbocycles. The number of amides is 2. The van der Waals surface area contributed by atoms with Crippen LogP contribution in [0.25, 0.3) is 0 Å². The summed E-state index contributed by atoms with van der Waals surface area (Å²) in [7, 11) is 1.55. The van der Waals surface area contributed by atoms with E-state index in [2.05, 4.69) is 5.10 Å². The number of rotatable bonds is 5. The molecule has 128 valence electrons. The van der Waals surface area contributed by atoms with E-state index in [4.69, 9.17) is 5.73 Å². The fourth-order valence-corrected chi connectivity index (χ4v) is 2.92. The number of hydrazone groups is 1. The number of carbonyl (C=O) groups is 2. The molecule has 1 aliphatic rings. The van der Waals surface area contributed by atoms with E-state index in [1.807, 2.05) is 65.7 Å². The summed E-state index contributed by atoms with van der Waals surface area (Å²) in [4.78, 5) is 25.0. The average molecular weight is 336 g/mol. The molecule has 0 aromatic heterocycles. The van der Waals surface area contributed by atoms with Crippen molar-refractivity contribution < 1.29 is 9.59 Å². The van der Waals surface area contributed by atoms with Crippen LogP contribution in [-0.4, -0.2) is 36.0 Å². The molecule has 1 heterocycles. The van der Waals surface area contributed by atoms with Crippen molar-refractivity contribution in [2.75, 3.05) is 18.6 Å². The first-order valence-electron chi connectivity index (χ1n) is 8.06. The lowest BCUT2D eigenvalue weighted by Gasteiger charge is -2.23. The topological polar surface area (TPSA) is 79.0 Å². The second-order valence-corrected chi connectivity index (χ2v) is 5.98. The summed E-state index contributed by atoms with van der Waals surface area (Å²) in [5.74, 6) is -0.827. The Labute approximate surface area is 146 Å². The number of benzene rings is 2. The standard InChI is InChI=1S/C19H20N4O2/c1-22(13-18(20)24)19(25)16-12-17(14-8-4-2-5-9-14)23(21-16)15-10-6-3-7-11-15/h2-11,17H,12-13H2,1H3,(H2,20,24). The summed E-state index contributed by atoms with van der Waals surface area (Å²) >= 11 is 0. The molecule has 6 heteroatoms. The quantitative estimate of drug-likeness (QED) is 0.906. The molecule has 0 saturated carbocycles. The number of likely N-dealkylation sites (N-methyl/N-ethyl adjacent to an activating group) is 1. The number of anilines is 1. The van der Waals surface area contributed by atoms with Gasteiger partial charge in [-0.3, -0.25) is 14.6 Å². The number of primary amides is 1. The Balaban J connectivity index is 1.91. The van der Waals surface area contributed by atoms with Crippen LogP contribution in [0, 0.1) is 0 Å². The molecule has 2 aromatic carbocycles. The lowest BCUT2D eigenvalue weighted by atomic mass is 10.0. The summed E-state index contributed by atoms with van der Waals surface area (Å²) < 4.78 is 0. The highest BCUT2D eigenvalue weighted by atomic mass is 16.2. The van der Waals surface area contributed by atoms with Crippen LogP contribution in [0.4, 0.5) is 5.69 Å². The van der Waals surface area contributed by atoms with Gasteiger partial charge in [0, 0.05) is 13.5 Å². The molecule has 3 rings (SSSR count). The largest absolute Gasteiger partial charge is 0.368 e. The fraction of sp³-hybridized carbons (Fsp3) is 0.211. The Morgan fingerprint density at radius 1 is 1.12 bits per heavy atom. The number of hydrogen-bond donors (Lipinski definition) is 1. The van der Waals surface area contributed by atoms with Gasteiger partial charge in [0.15, 0.2) is 0 Å². The molecule has 0 radical (unpaired) electrons. The smallest absolute Gasteiger partial charge is 0.270 e. The van der Waals surface area contributed by atoms with Gasteiger partial charge in [-0.2, -0.15) is 5.10 Å². The van der Waals surface area contributed by atoms with Gasteiger partial charge in [-0.15, -0.1) is 0 Å². The Bertz CT molecular complexity index is 790. The molecule has 1 atom stereocenters. The van der Waals surface area contributed by atoms with Gasteiger partial charge in [-0.1, -0.05) is 48.5 Å². The van der Waals surface area contributed by atoms with E-state index < -0.39 is 5.91 Å². The van der Waals surface area contributed by atoms with Crippen LogP contribution in [-0.2, 0) is 9.59 Å². The number of carbonyl (C=O) groups excluding carboxylic acids is 2. The zero-order valence-corrected chi connectivity index (χ0v) is 14.0. The van der Waals surface area contributed by atoms with Gasteiger partial charge in [-0.05, 0) is 17.7 Å². The Kier molecular flexibility index (Phi) is 4.79. The Morgan fingerprint density at radius 2 is 1.72 bits per heavy atom. The summed E-state index contributed by atoms with van der Waals surface area (Å²) in [6, 6.07) is 19.6. The molecule has 0 fully saturated rings. The summed E-state index contributed by atoms with van der Waals surface area (Å²) in [6.45, 7) is -0.126. The average Bonchev–Trinajstić information content (AvgIpc) is 3.07. The molecule has 2 N–H and O–H groups in total. The minimum atomic E-state index is -0.547. The first-order valence-corrected chi connectivity index (χ1v) is 8.06. The predicted molar refractivity (Wildman–Crippen MR) is 97.0 cm³/mol. The Morgan fingerprint density at radius 3 is 2.32 bits per heavy atom. The maximum absolute atomic E-state index is 12.6. The van der Waals surface area contributed by atoms with Gasteiger partial charge in [0.05, 0.1) is 18.3 Å². The van der Waals surface area contributed by atoms with E-state index in [0.29, 0.717) is 12.1 Å². The molecule has 2 amide bonds. The summed E-state index contributed by atoms with van der Waals surface area (Å²) in [5.41, 5.74) is 7.59. The van der Waals surface area contributed by atoms with E-state index in [1.54, 1.807) is 7.05 Å². The van der Waals surface area contributed by atoms with Crippen LogP contribution < -0.4 is 10.7 Å². The van der Waals surface area contributed by atoms with Crippen LogP contribution >= 0.6 is 0 Å². The van der Waals surface area contributed by atoms with Gasteiger partial charge < -0.3 is 10.6 Å². The third-order valence-electron chi connectivity index (χ3n) is 4.10. The monoisotopic (exact) mass is 336 g/mol. The van der Waals surface area contributed by atoms with Gasteiger partial charge >= 0.3 is 0 Å². The zero-order chi connectivity index (χ0) is 17.8. The van der Waals surface area contributed by atoms with Crippen molar-refractivity contribution >= 4 is 23.2 Å². The van der Waals surface area contributed by atoms with Crippen molar-refractivity contribution in [3.05, 3.63) is 66.2 Å². The van der Waals surface area contributed by atoms with Crippen molar-refractivity contribution in [3.63, 3.8) is 0 Å². The van der Waals surface area contributed by atoms with Crippen LogP contribution in [0.1, 0.15) is 18.0 Å². The van der Waals surface area contributed by atoms with E-state index in [1.165, 1.54) is 4.90 Å². The lowest BCUT2D eigenvalue weighted by Crippen LogP contribution is -2.38. The minimum absolute atomic E-state index is 0.0653. The SMILES string of the molecule is CN(CC(N)=O)C(=O)C1=NN(c2ccccc2)C(c2ccccc2)C1. The number of para-hydroxylation sites is 1. The maximum Gasteiger partial charge on any atom is 0.270 e. The first-order chi connectivity index (χ1) is 12.1. The molecule has 0 spiro atoms. The Hall–Kier alpha value is -3.15. The normalized spacial score (nSPS) is 16.4. The van der Waals surface area contributed by atoms with Crippen molar-refractivity contribution in [1.29, 1.82) is 0 Å². The molecule has 1 unspecified atom stereocenters. The van der Waals surface area contributed by atoms with Crippen LogP contribution in [0.15, 0.2) is 65.8 Å². The van der Waals surface area contributed by atoms with E-state index in [0.717, 1.165) is 11.3 Å². The van der Waals surface area contributed by atoms with Gasteiger partial charge in [0.25, 0.3) is 5.91 Å². The number of hydrogen-bond acceptors (Lipinski definition) is 4. The molecule has 0 saturated heterocycles. The van der Waals surface area contributed by atoms with E-state index in [9.17, 15) is 9.59 Å². The van der Waals surface area contributed by atoms with Gasteiger partial charge in [0.2, 0.25) is 5.91 Å². The van der Waals surface area contributed by atoms with Crippen molar-refractivity contribution in [2.24, 2.45) is 10.8 Å². The molecule has 1 aliphatic heterocycles. The molecule has 0 bridgehead atoms. The highest BCUT2D eigenvalue weighted by Crippen LogP contribution is 2.35. The van der Waals surface area contributed by atoms with Crippen LogP contribution in [0.2, 0.25) is 0 Å². The second-order valence-electron chi connectivity index (χ2n) is 5.98. The third kappa shape index (κ3) is 3.68. The second kappa shape index (κ2) is 7.17. The van der Waals surface area contributed by atoms with E-state index >= 15 is 0 Å². The third-order valence-corrected chi connectivity index (χ3v) is 4.10. The summed E-state index contributed by atoms with van der Waals surface area (Å²) in [6.07, 6.45) is 0.473. The van der Waals surface area contributed by atoms with Crippen molar-refractivity contribution in [2.45, 2.75) is 12.5 Å². The number of nitrogens with two attached hydrogens (primary N) is 1. The molecular formula is C19H20N4O2. The van der Waals surface area contributed by atoms with E-state index in [-0.39, 0.29) is 18.5 Å². The maximum atomic E-state index is 12.6. The van der Waals surface area contributed by atoms with Crippen LogP contribution in [0.5, 0.6) is 0 Å². The fourth-order valence-electron chi connectivity index (χ4n) is 2.92. The minimum Gasteiger partial charge on any atom is -0.368 e. The molecule has 25 heavy (non-hydrogen) atoms. The van der Waals surface area contributed by atoms with Gasteiger partial charge in [0.1, 0.15) is 5.71 Å². The van der Waals surface area contributed by atoms with Crippen molar-refractivity contribution in [1.82, 2.24) is 4.90 Å². The van der Waals surface area contributed by atoms with Crippen molar-refractivity contribution in [3.8, 4) is 0 Å². The highest BCUT2D eigenvalue weighted by Gasteiger charge is 2.33. The lowest BCUT2D eigenvalue weighted by molar-refractivity contribution is -0.128. The first kappa shape index (κ1) is 16.7. The molecule has 6 nitrogen and oxygen atoms in total. The van der Waals surface area contributed by atoms with Crippen LogP contribution in [0.3, 0.4) is 0 Å². The van der Waals surface area contributed by atoms with Gasteiger partial charge in [-0.25, -0.2) is 0 Å². The highest BCUT2D eigenvalue weighted by molar-refractivity contribution is 6.39. The zero-order valence-electron chi connectivity index (χ0n) is 14.0. The molecule has 2 aromatic rings. The molecular weight excluding hydrogens is 316 g/mol. The summed E-state index contributed by atoms with van der Waals surface area (Å²) in [5, 5.41) is 6.41.